The Morgan fingerprint density at radius 3 is 0.644 bits per heavy atom. The van der Waals surface area contributed by atoms with Gasteiger partial charge in [-0.2, -0.15) is 5.26 Å². The molecule has 0 N–H and O–H groups in total. The molecular formula is C85H91N5. The van der Waals surface area contributed by atoms with Gasteiger partial charge in [-0.3, -0.25) is 0 Å². The van der Waals surface area contributed by atoms with Gasteiger partial charge in [0.05, 0.1) is 66.9 Å². The maximum absolute atomic E-state index is 13.4. The van der Waals surface area contributed by atoms with Gasteiger partial charge in [-0.05, 0) is 208 Å². The number of hydrogen-bond acceptors (Lipinski definition) is 1. The van der Waals surface area contributed by atoms with Crippen molar-refractivity contribution < 1.29 is 0 Å². The van der Waals surface area contributed by atoms with Crippen LogP contribution in [0, 0.1) is 11.3 Å². The Hall–Kier alpha value is -8.33. The number of hydrogen-bond donors (Lipinski definition) is 0. The number of nitriles is 1. The van der Waals surface area contributed by atoms with Crippen molar-refractivity contribution in [2.24, 2.45) is 0 Å². The maximum atomic E-state index is 13.4. The molecule has 0 unspecified atom stereocenters. The predicted octanol–water partition coefficient (Wildman–Crippen LogP) is 25.0. The fraction of sp³-hybridized carbons (Fsp3) is 0.353. The van der Waals surface area contributed by atoms with E-state index in [2.05, 4.69) is 281 Å². The highest BCUT2D eigenvalue weighted by molar-refractivity contribution is 6.16. The number of nitrogens with zero attached hydrogens (tertiary/aromatic N) is 5. The minimum absolute atomic E-state index is 0.116. The second kappa shape index (κ2) is 22.6. The Bertz CT molecular complexity index is 4510. The molecule has 456 valence electrons. The van der Waals surface area contributed by atoms with Gasteiger partial charge in [0.25, 0.3) is 0 Å². The molecule has 4 aromatic heterocycles. The number of aromatic nitrogens is 4. The summed E-state index contributed by atoms with van der Waals surface area (Å²) in [5, 5.41) is 23.3. The summed E-state index contributed by atoms with van der Waals surface area (Å²) in [6.45, 7) is 37.1. The molecular weight excluding hydrogens is 1090 g/mol. The standard InChI is InChI=1S/C85H91N5/c1-47(2)56-22-30-73-64(38-56)65-39-57(48(3)4)23-31-74(65)87(73)82-72(46-86)83(88-75-32-24-58(49(5)6)40-66(75)67-41-59(50(7)8)25-33-76(67)88)85(90-79-36-28-62(53(13)14)44-70(79)71-45-63(54(15)16)29-37-80(71)90)81(55-20-18-17-19-21-55)84(82)89-77-34-26-60(51(9)10)42-68(77)69-43-61(52(11)12)27-35-78(69)89/h22-45,47-55H,17-21H2,1-16H3. The predicted molar refractivity (Wildman–Crippen MR) is 387 cm³/mol. The van der Waals surface area contributed by atoms with Gasteiger partial charge in [-0.15, -0.1) is 0 Å². The van der Waals surface area contributed by atoms with Crippen molar-refractivity contribution >= 4 is 87.2 Å². The molecule has 9 aromatic carbocycles. The van der Waals surface area contributed by atoms with Crippen LogP contribution in [0.15, 0.2) is 146 Å². The molecule has 1 aliphatic carbocycles. The average Bonchev–Trinajstić information content (AvgIpc) is 1.45. The van der Waals surface area contributed by atoms with Crippen LogP contribution in [0.2, 0.25) is 0 Å². The van der Waals surface area contributed by atoms with E-state index in [1.165, 1.54) is 99.6 Å². The van der Waals surface area contributed by atoms with Crippen molar-refractivity contribution in [3.63, 3.8) is 0 Å². The van der Waals surface area contributed by atoms with Crippen molar-refractivity contribution in [2.75, 3.05) is 0 Å². The maximum Gasteiger partial charge on any atom is 0.104 e. The van der Waals surface area contributed by atoms with Gasteiger partial charge in [-0.1, -0.05) is 179 Å². The Morgan fingerprint density at radius 2 is 0.467 bits per heavy atom. The van der Waals surface area contributed by atoms with Gasteiger partial charge in [0.2, 0.25) is 0 Å². The van der Waals surface area contributed by atoms with Crippen molar-refractivity contribution in [2.45, 2.75) is 196 Å². The number of benzene rings is 9. The summed E-state index contributed by atoms with van der Waals surface area (Å²) in [4.78, 5) is 0. The fourth-order valence-electron chi connectivity index (χ4n) is 15.6. The third-order valence-electron chi connectivity index (χ3n) is 21.0. The van der Waals surface area contributed by atoms with Gasteiger partial charge < -0.3 is 18.3 Å². The van der Waals surface area contributed by atoms with E-state index in [0.717, 1.165) is 92.6 Å². The van der Waals surface area contributed by atoms with E-state index in [1.807, 2.05) is 0 Å². The molecule has 1 aliphatic rings. The van der Waals surface area contributed by atoms with Crippen molar-refractivity contribution in [3.8, 4) is 28.8 Å². The third-order valence-corrected chi connectivity index (χ3v) is 21.0. The summed E-state index contributed by atoms with van der Waals surface area (Å²) in [5.74, 6) is 2.72. The summed E-state index contributed by atoms with van der Waals surface area (Å²) in [6, 6.07) is 61.3. The summed E-state index contributed by atoms with van der Waals surface area (Å²) >= 11 is 0. The quantitative estimate of drug-likeness (QED) is 0.113. The summed E-state index contributed by atoms with van der Waals surface area (Å²) in [7, 11) is 0. The molecule has 5 nitrogen and oxygen atoms in total. The highest BCUT2D eigenvalue weighted by Crippen LogP contribution is 2.54. The Balaban J connectivity index is 1.34. The first-order valence-corrected chi connectivity index (χ1v) is 34.2. The van der Waals surface area contributed by atoms with E-state index in [4.69, 9.17) is 0 Å². The lowest BCUT2D eigenvalue weighted by molar-refractivity contribution is 0.442. The van der Waals surface area contributed by atoms with E-state index in [-0.39, 0.29) is 5.92 Å². The van der Waals surface area contributed by atoms with Crippen LogP contribution in [-0.2, 0) is 0 Å². The molecule has 0 bridgehead atoms. The third kappa shape index (κ3) is 9.35. The largest absolute Gasteiger partial charge is 0.307 e. The molecule has 0 saturated heterocycles. The fourth-order valence-corrected chi connectivity index (χ4v) is 15.6. The van der Waals surface area contributed by atoms with Gasteiger partial charge in [0.1, 0.15) is 11.6 Å². The Kier molecular flexibility index (Phi) is 14.9. The first-order chi connectivity index (χ1) is 43.2. The summed E-state index contributed by atoms with van der Waals surface area (Å²) in [5.41, 5.74) is 25.6. The van der Waals surface area contributed by atoms with Crippen molar-refractivity contribution in [1.82, 2.24) is 18.3 Å². The second-order valence-electron chi connectivity index (χ2n) is 29.4. The molecule has 1 fully saturated rings. The molecule has 0 aliphatic heterocycles. The van der Waals surface area contributed by atoms with Crippen LogP contribution in [0.25, 0.3) is 110 Å². The van der Waals surface area contributed by atoms with E-state index >= 15 is 0 Å². The minimum Gasteiger partial charge on any atom is -0.307 e. The lowest BCUT2D eigenvalue weighted by atomic mass is 9.80. The molecule has 0 radical (unpaired) electrons. The molecule has 0 spiro atoms. The molecule has 4 heterocycles. The van der Waals surface area contributed by atoms with Crippen LogP contribution in [0.1, 0.15) is 252 Å². The zero-order chi connectivity index (χ0) is 63.0. The van der Waals surface area contributed by atoms with Crippen molar-refractivity contribution in [1.29, 1.82) is 5.26 Å². The van der Waals surface area contributed by atoms with Crippen LogP contribution in [-0.4, -0.2) is 18.3 Å². The van der Waals surface area contributed by atoms with Crippen LogP contribution in [0.3, 0.4) is 0 Å². The SMILES string of the molecule is CC(C)c1ccc2c(c1)c1cc(C(C)C)ccc1n2-c1c(C#N)c(-n2c3ccc(C(C)C)cc3c3cc(C(C)C)ccc32)c(-n2c3ccc(C(C)C)cc3c3cc(C(C)C)ccc32)c(C2CCCCC2)c1-n1c2ccc(C(C)C)cc2c2cc(C(C)C)ccc21. The average molecular weight is 1180 g/mol. The van der Waals surface area contributed by atoms with Crippen LogP contribution in [0.4, 0.5) is 0 Å². The highest BCUT2D eigenvalue weighted by atomic mass is 15.1. The molecule has 0 atom stereocenters. The Labute approximate surface area is 533 Å². The van der Waals surface area contributed by atoms with Gasteiger partial charge in [-0.25, -0.2) is 0 Å². The summed E-state index contributed by atoms with van der Waals surface area (Å²) in [6.07, 6.45) is 5.48. The first kappa shape index (κ1) is 59.3. The lowest BCUT2D eigenvalue weighted by Crippen LogP contribution is -2.20. The minimum atomic E-state index is 0.116. The van der Waals surface area contributed by atoms with Crippen LogP contribution < -0.4 is 0 Å². The van der Waals surface area contributed by atoms with E-state index in [0.29, 0.717) is 52.9 Å². The van der Waals surface area contributed by atoms with Gasteiger partial charge in [0.15, 0.2) is 0 Å². The molecule has 14 rings (SSSR count). The molecule has 13 aromatic rings. The zero-order valence-electron chi connectivity index (χ0n) is 56.3. The number of rotatable bonds is 13. The monoisotopic (exact) mass is 1180 g/mol. The molecule has 1 saturated carbocycles. The topological polar surface area (TPSA) is 43.5 Å². The summed E-state index contributed by atoms with van der Waals surface area (Å²) < 4.78 is 10.5. The first-order valence-electron chi connectivity index (χ1n) is 34.2. The van der Waals surface area contributed by atoms with Gasteiger partial charge in [0, 0.05) is 48.7 Å². The van der Waals surface area contributed by atoms with Crippen molar-refractivity contribution in [3.05, 3.63) is 201 Å². The lowest BCUT2D eigenvalue weighted by Gasteiger charge is -2.33. The smallest absolute Gasteiger partial charge is 0.104 e. The van der Waals surface area contributed by atoms with E-state index < -0.39 is 0 Å². The van der Waals surface area contributed by atoms with E-state index in [1.54, 1.807) is 0 Å². The molecule has 0 amide bonds. The second-order valence-corrected chi connectivity index (χ2v) is 29.4. The van der Waals surface area contributed by atoms with E-state index in [9.17, 15) is 5.26 Å². The number of fused-ring (bicyclic) bond motifs is 12. The highest BCUT2D eigenvalue weighted by Gasteiger charge is 2.38. The van der Waals surface area contributed by atoms with Crippen LogP contribution >= 0.6 is 0 Å². The zero-order valence-corrected chi connectivity index (χ0v) is 56.3. The molecule has 90 heavy (non-hydrogen) atoms. The van der Waals surface area contributed by atoms with Gasteiger partial charge >= 0.3 is 0 Å². The van der Waals surface area contributed by atoms with Crippen LogP contribution in [0.5, 0.6) is 0 Å². The Morgan fingerprint density at radius 1 is 0.278 bits per heavy atom. The normalized spacial score (nSPS) is 13.9. The molecule has 5 heteroatoms.